The second-order valence-corrected chi connectivity index (χ2v) is 9.08. The Bertz CT molecular complexity index is 981. The molecule has 0 atom stereocenters. The van der Waals surface area contributed by atoms with Crippen LogP contribution in [0.1, 0.15) is 28.9 Å². The van der Waals surface area contributed by atoms with Crippen LogP contribution in [0.15, 0.2) is 29.2 Å². The Morgan fingerprint density at radius 2 is 1.97 bits per heavy atom. The van der Waals surface area contributed by atoms with Gasteiger partial charge < -0.3 is 15.0 Å². The van der Waals surface area contributed by atoms with Crippen molar-refractivity contribution in [1.82, 2.24) is 20.4 Å². The Kier molecular flexibility index (Phi) is 5.46. The fraction of sp³-hybridized carbons (Fsp3) is 0.474. The minimum Gasteiger partial charge on any atom is -0.497 e. The molecule has 4 rings (SSSR count). The number of nitrogens with zero attached hydrogens (tertiary/aromatic N) is 2. The van der Waals surface area contributed by atoms with Crippen molar-refractivity contribution in [2.75, 3.05) is 38.0 Å². The maximum Gasteiger partial charge on any atom is 0.272 e. The van der Waals surface area contributed by atoms with Crippen molar-refractivity contribution in [1.29, 1.82) is 0 Å². The summed E-state index contributed by atoms with van der Waals surface area (Å²) in [6.45, 7) is 3.26. The highest BCUT2D eigenvalue weighted by Gasteiger charge is 2.32. The van der Waals surface area contributed by atoms with Crippen molar-refractivity contribution < 1.29 is 17.9 Å². The van der Waals surface area contributed by atoms with E-state index in [2.05, 4.69) is 20.2 Å². The van der Waals surface area contributed by atoms with Crippen LogP contribution < -0.4 is 14.8 Å². The van der Waals surface area contributed by atoms with Crippen LogP contribution >= 0.6 is 0 Å². The molecule has 2 aromatic rings. The fourth-order valence-electron chi connectivity index (χ4n) is 3.87. The van der Waals surface area contributed by atoms with E-state index in [1.54, 1.807) is 12.1 Å². The molecule has 0 spiro atoms. The number of amides is 1. The fourth-order valence-corrected chi connectivity index (χ4v) is 4.90. The number of rotatable bonds is 6. The number of H-pyrrole nitrogens is 1. The van der Waals surface area contributed by atoms with Gasteiger partial charge in [-0.05, 0) is 62.5 Å². The molecular formula is C19H25N5O4S. The van der Waals surface area contributed by atoms with E-state index in [1.807, 2.05) is 4.90 Å². The summed E-state index contributed by atoms with van der Waals surface area (Å²) in [6, 6.07) is 6.09. The van der Waals surface area contributed by atoms with Crippen molar-refractivity contribution in [3.8, 4) is 5.75 Å². The molecule has 0 saturated carbocycles. The third-order valence-electron chi connectivity index (χ3n) is 5.54. The maximum absolute atomic E-state index is 12.9. The molecule has 3 heterocycles. The first-order valence-electron chi connectivity index (χ1n) is 9.72. The zero-order chi connectivity index (χ0) is 20.4. The van der Waals surface area contributed by atoms with E-state index in [-0.39, 0.29) is 16.6 Å². The van der Waals surface area contributed by atoms with E-state index >= 15 is 0 Å². The zero-order valence-electron chi connectivity index (χ0n) is 16.3. The van der Waals surface area contributed by atoms with Crippen molar-refractivity contribution in [2.45, 2.75) is 24.2 Å². The Labute approximate surface area is 169 Å². The summed E-state index contributed by atoms with van der Waals surface area (Å²) < 4.78 is 32.9. The SMILES string of the molecule is COc1ccc(S(=O)(=O)Nc2n[nH]c3c2CCN(CC2CCNCC2)C3=O)cc1. The number of sulfonamides is 1. The van der Waals surface area contributed by atoms with Gasteiger partial charge in [0.2, 0.25) is 0 Å². The Hall–Kier alpha value is -2.59. The highest BCUT2D eigenvalue weighted by atomic mass is 32.2. The van der Waals surface area contributed by atoms with Gasteiger partial charge in [0.25, 0.3) is 15.9 Å². The first-order valence-corrected chi connectivity index (χ1v) is 11.2. The van der Waals surface area contributed by atoms with E-state index in [9.17, 15) is 13.2 Å². The molecule has 9 nitrogen and oxygen atoms in total. The first-order chi connectivity index (χ1) is 14.0. The first kappa shape index (κ1) is 19.7. The Morgan fingerprint density at radius 1 is 1.24 bits per heavy atom. The number of fused-ring (bicyclic) bond motifs is 1. The lowest BCUT2D eigenvalue weighted by molar-refractivity contribution is 0.0694. The van der Waals surface area contributed by atoms with Crippen LogP contribution in [0, 0.1) is 5.92 Å². The molecule has 2 aliphatic heterocycles. The van der Waals surface area contributed by atoms with E-state index < -0.39 is 10.0 Å². The van der Waals surface area contributed by atoms with Gasteiger partial charge in [0, 0.05) is 18.7 Å². The summed E-state index contributed by atoms with van der Waals surface area (Å²) in [5.41, 5.74) is 0.992. The summed E-state index contributed by atoms with van der Waals surface area (Å²) >= 11 is 0. The molecule has 1 amide bonds. The number of methoxy groups -OCH3 is 1. The smallest absolute Gasteiger partial charge is 0.272 e. The molecule has 10 heteroatoms. The number of hydrogen-bond acceptors (Lipinski definition) is 6. The van der Waals surface area contributed by atoms with Crippen LogP contribution in [-0.4, -0.2) is 62.7 Å². The molecule has 1 aromatic heterocycles. The molecule has 0 radical (unpaired) electrons. The molecule has 0 unspecified atom stereocenters. The predicted octanol–water partition coefficient (Wildman–Crippen LogP) is 1.22. The van der Waals surface area contributed by atoms with Gasteiger partial charge in [-0.25, -0.2) is 8.42 Å². The predicted molar refractivity (Wildman–Crippen MR) is 108 cm³/mol. The van der Waals surface area contributed by atoms with Crippen LogP contribution in [0.5, 0.6) is 5.75 Å². The summed E-state index contributed by atoms with van der Waals surface area (Å²) in [5.74, 6) is 1.14. The molecular weight excluding hydrogens is 394 g/mol. The average molecular weight is 420 g/mol. The number of hydrogen-bond donors (Lipinski definition) is 3. The number of aromatic amines is 1. The van der Waals surface area contributed by atoms with Gasteiger partial charge in [0.15, 0.2) is 5.82 Å². The molecule has 156 valence electrons. The van der Waals surface area contributed by atoms with Crippen LogP contribution in [0.3, 0.4) is 0 Å². The highest BCUT2D eigenvalue weighted by molar-refractivity contribution is 7.92. The van der Waals surface area contributed by atoms with Crippen molar-refractivity contribution in [2.24, 2.45) is 5.92 Å². The van der Waals surface area contributed by atoms with Crippen molar-refractivity contribution in [3.63, 3.8) is 0 Å². The largest absolute Gasteiger partial charge is 0.497 e. The summed E-state index contributed by atoms with van der Waals surface area (Å²) in [4.78, 5) is 14.8. The second kappa shape index (κ2) is 8.03. The highest BCUT2D eigenvalue weighted by Crippen LogP contribution is 2.27. The van der Waals surface area contributed by atoms with Gasteiger partial charge in [0.05, 0.1) is 12.0 Å². The average Bonchev–Trinajstić information content (AvgIpc) is 3.14. The number of benzene rings is 1. The third kappa shape index (κ3) is 4.08. The molecule has 3 N–H and O–H groups in total. The molecule has 0 aliphatic carbocycles. The van der Waals surface area contributed by atoms with Gasteiger partial charge in [-0.1, -0.05) is 0 Å². The van der Waals surface area contributed by atoms with E-state index in [0.717, 1.165) is 32.5 Å². The number of nitrogens with one attached hydrogen (secondary N) is 3. The normalized spacial score (nSPS) is 17.8. The summed E-state index contributed by atoms with van der Waals surface area (Å²) in [5, 5.41) is 10.1. The standard InChI is InChI=1S/C19H25N5O4S/c1-28-14-2-4-15(5-3-14)29(26,27)23-18-16-8-11-24(19(25)17(16)21-22-18)12-13-6-9-20-10-7-13/h2-5,13,20H,6-12H2,1H3,(H2,21,22,23). The van der Waals surface area contributed by atoms with E-state index in [1.165, 1.54) is 19.2 Å². The van der Waals surface area contributed by atoms with Crippen molar-refractivity contribution in [3.05, 3.63) is 35.5 Å². The summed E-state index contributed by atoms with van der Waals surface area (Å²) in [7, 11) is -2.30. The van der Waals surface area contributed by atoms with Crippen LogP contribution in [0.4, 0.5) is 5.82 Å². The number of carbonyl (C=O) groups is 1. The number of piperidine rings is 1. The molecule has 2 aliphatic rings. The Morgan fingerprint density at radius 3 is 2.66 bits per heavy atom. The van der Waals surface area contributed by atoms with Crippen LogP contribution in [0.25, 0.3) is 0 Å². The zero-order valence-corrected chi connectivity index (χ0v) is 17.1. The lowest BCUT2D eigenvalue weighted by atomic mass is 9.96. The number of carbonyl (C=O) groups excluding carboxylic acids is 1. The van der Waals surface area contributed by atoms with Gasteiger partial charge in [-0.2, -0.15) is 5.10 Å². The van der Waals surface area contributed by atoms with E-state index in [0.29, 0.717) is 35.9 Å². The molecule has 29 heavy (non-hydrogen) atoms. The van der Waals surface area contributed by atoms with Gasteiger partial charge in [-0.3, -0.25) is 14.6 Å². The lowest BCUT2D eigenvalue weighted by Gasteiger charge is -2.32. The van der Waals surface area contributed by atoms with Crippen molar-refractivity contribution >= 4 is 21.7 Å². The van der Waals surface area contributed by atoms with E-state index in [4.69, 9.17) is 4.74 Å². The number of aromatic nitrogens is 2. The number of anilines is 1. The monoisotopic (exact) mass is 419 g/mol. The van der Waals surface area contributed by atoms with Gasteiger partial charge >= 0.3 is 0 Å². The van der Waals surface area contributed by atoms with Crippen LogP contribution in [0.2, 0.25) is 0 Å². The second-order valence-electron chi connectivity index (χ2n) is 7.40. The van der Waals surface area contributed by atoms with Gasteiger partial charge in [0.1, 0.15) is 11.4 Å². The minimum absolute atomic E-state index is 0.102. The molecule has 0 bridgehead atoms. The molecule has 1 saturated heterocycles. The van der Waals surface area contributed by atoms with Crippen LogP contribution in [-0.2, 0) is 16.4 Å². The minimum atomic E-state index is -3.82. The number of ether oxygens (including phenoxy) is 1. The Balaban J connectivity index is 1.49. The molecule has 1 fully saturated rings. The molecule has 1 aromatic carbocycles. The lowest BCUT2D eigenvalue weighted by Crippen LogP contribution is -2.43. The quantitative estimate of drug-likeness (QED) is 0.648. The van der Waals surface area contributed by atoms with Gasteiger partial charge in [-0.15, -0.1) is 0 Å². The maximum atomic E-state index is 12.9. The third-order valence-corrected chi connectivity index (χ3v) is 6.89. The topological polar surface area (TPSA) is 116 Å². The summed E-state index contributed by atoms with van der Waals surface area (Å²) in [6.07, 6.45) is 2.68.